The van der Waals surface area contributed by atoms with Crippen LogP contribution in [-0.4, -0.2) is 36.4 Å². The fourth-order valence-corrected chi connectivity index (χ4v) is 5.19. The molecule has 0 aliphatic carbocycles. The highest BCUT2D eigenvalue weighted by Gasteiger charge is 2.28. The zero-order valence-electron chi connectivity index (χ0n) is 23.5. The number of aromatic nitrogens is 4. The lowest BCUT2D eigenvalue weighted by Gasteiger charge is -2.28. The molecule has 2 aromatic carbocycles. The number of phenols is 1. The summed E-state index contributed by atoms with van der Waals surface area (Å²) in [7, 11) is 0. The lowest BCUT2D eigenvalue weighted by Crippen LogP contribution is -2.19. The molecule has 0 spiro atoms. The van der Waals surface area contributed by atoms with Crippen LogP contribution in [0.1, 0.15) is 68.9 Å². The minimum absolute atomic E-state index is 0.0382. The Morgan fingerprint density at radius 1 is 1.05 bits per heavy atom. The lowest BCUT2D eigenvalue weighted by molar-refractivity contribution is 0.102. The fourth-order valence-electron chi connectivity index (χ4n) is 4.33. The first kappa shape index (κ1) is 28.4. The third kappa shape index (κ3) is 6.33. The molecule has 4 rings (SSSR count). The topological polar surface area (TPSA) is 90.1 Å². The van der Waals surface area contributed by atoms with Crippen molar-refractivity contribution in [1.82, 2.24) is 19.7 Å². The number of Topliss-reactive ketones (excluding diaryl/α,β-unsaturated/α-hetero) is 1. The van der Waals surface area contributed by atoms with Crippen LogP contribution >= 0.6 is 11.8 Å². The number of carbonyl (C=O) groups is 1. The third-order valence-electron chi connectivity index (χ3n) is 6.44. The molecule has 0 fully saturated rings. The molecule has 204 valence electrons. The maximum Gasteiger partial charge on any atom is 0.192 e. The van der Waals surface area contributed by atoms with E-state index in [4.69, 9.17) is 4.74 Å². The van der Waals surface area contributed by atoms with Crippen molar-refractivity contribution in [3.8, 4) is 11.5 Å². The van der Waals surface area contributed by atoms with E-state index < -0.39 is 0 Å². The number of allylic oxidation sites excluding steroid dienone is 1. The largest absolute Gasteiger partial charge is 0.507 e. The van der Waals surface area contributed by atoms with Crippen molar-refractivity contribution >= 4 is 28.4 Å². The number of ketones is 1. The van der Waals surface area contributed by atoms with E-state index in [0.29, 0.717) is 28.8 Å². The number of hydrogen-bond donors (Lipinski definition) is 1. The maximum absolute atomic E-state index is 13.4. The zero-order chi connectivity index (χ0) is 28.4. The van der Waals surface area contributed by atoms with Gasteiger partial charge < -0.3 is 9.84 Å². The Kier molecular flexibility index (Phi) is 8.16. The zero-order valence-corrected chi connectivity index (χ0v) is 24.3. The Morgan fingerprint density at radius 3 is 2.36 bits per heavy atom. The molecule has 0 bridgehead atoms. The van der Waals surface area contributed by atoms with E-state index in [1.54, 1.807) is 12.3 Å². The number of thioether (sulfide) groups is 1. The van der Waals surface area contributed by atoms with Gasteiger partial charge in [-0.25, -0.2) is 0 Å². The molecule has 0 amide bonds. The molecule has 2 heterocycles. The molecule has 0 unspecified atom stereocenters. The highest BCUT2D eigenvalue weighted by Crippen LogP contribution is 2.40. The molecule has 39 heavy (non-hydrogen) atoms. The van der Waals surface area contributed by atoms with E-state index in [1.165, 1.54) is 11.8 Å². The summed E-state index contributed by atoms with van der Waals surface area (Å²) < 4.78 is 7.99. The van der Waals surface area contributed by atoms with Crippen LogP contribution < -0.4 is 4.74 Å². The van der Waals surface area contributed by atoms with Crippen LogP contribution in [0.25, 0.3) is 10.9 Å². The molecule has 0 aliphatic rings. The van der Waals surface area contributed by atoms with Gasteiger partial charge in [-0.1, -0.05) is 77.6 Å². The van der Waals surface area contributed by atoms with Crippen LogP contribution in [0.3, 0.4) is 0 Å². The van der Waals surface area contributed by atoms with Gasteiger partial charge in [0.15, 0.2) is 16.8 Å². The van der Waals surface area contributed by atoms with Crippen LogP contribution in [0.15, 0.2) is 66.5 Å². The van der Waals surface area contributed by atoms with E-state index >= 15 is 0 Å². The highest BCUT2D eigenvalue weighted by atomic mass is 32.2. The van der Waals surface area contributed by atoms with E-state index in [-0.39, 0.29) is 34.7 Å². The van der Waals surface area contributed by atoms with Gasteiger partial charge in [-0.05, 0) is 35.1 Å². The first-order valence-corrected chi connectivity index (χ1v) is 13.9. The van der Waals surface area contributed by atoms with Crippen molar-refractivity contribution in [3.63, 3.8) is 0 Å². The molecule has 0 saturated carbocycles. The van der Waals surface area contributed by atoms with Crippen molar-refractivity contribution in [2.24, 2.45) is 0 Å². The summed E-state index contributed by atoms with van der Waals surface area (Å²) >= 11 is 1.33. The molecular weight excluding hydrogens is 508 g/mol. The monoisotopic (exact) mass is 544 g/mol. The van der Waals surface area contributed by atoms with Gasteiger partial charge in [0, 0.05) is 34.8 Å². The maximum atomic E-state index is 13.4. The van der Waals surface area contributed by atoms with Gasteiger partial charge in [0.05, 0.1) is 5.75 Å². The van der Waals surface area contributed by atoms with Gasteiger partial charge in [0.1, 0.15) is 23.6 Å². The quantitative estimate of drug-likeness (QED) is 0.140. The van der Waals surface area contributed by atoms with Crippen molar-refractivity contribution in [2.45, 2.75) is 70.7 Å². The molecular formula is C31H36N4O3S. The number of benzene rings is 2. The van der Waals surface area contributed by atoms with Gasteiger partial charge >= 0.3 is 0 Å². The molecule has 0 atom stereocenters. The van der Waals surface area contributed by atoms with Crippen LogP contribution in [0.4, 0.5) is 0 Å². The summed E-state index contributed by atoms with van der Waals surface area (Å²) in [6.45, 7) is 16.8. The number of rotatable bonds is 9. The standard InChI is InChI=1S/C31H36N4O3S/c1-8-15-35-26(18-38-25-13-9-11-20-12-10-14-32-27(20)25)33-34-29(35)39-19-24(36)21-16-22(30(2,3)4)28(37)23(17-21)31(5,6)7/h8-14,16-17,37H,1,15,18-19H2,2-7H3. The average Bonchev–Trinajstić information content (AvgIpc) is 3.26. The minimum atomic E-state index is -0.313. The molecule has 4 aromatic rings. The molecule has 2 aromatic heterocycles. The minimum Gasteiger partial charge on any atom is -0.507 e. The Labute approximate surface area is 234 Å². The number of phenolic OH excluding ortho intramolecular Hbond substituents is 1. The summed E-state index contributed by atoms with van der Waals surface area (Å²) in [6, 6.07) is 13.3. The number of carbonyl (C=O) groups excluding carboxylic acids is 1. The summed E-state index contributed by atoms with van der Waals surface area (Å²) in [4.78, 5) is 17.8. The second-order valence-electron chi connectivity index (χ2n) is 11.5. The van der Waals surface area contributed by atoms with E-state index in [0.717, 1.165) is 22.0 Å². The number of para-hydroxylation sites is 1. The lowest BCUT2D eigenvalue weighted by atomic mass is 9.78. The number of pyridine rings is 1. The summed E-state index contributed by atoms with van der Waals surface area (Å²) in [5, 5.41) is 21.3. The second kappa shape index (κ2) is 11.2. The number of fused-ring (bicyclic) bond motifs is 1. The molecule has 0 radical (unpaired) electrons. The summed E-state index contributed by atoms with van der Waals surface area (Å²) in [5.41, 5.74) is 2.27. The Hall–Kier alpha value is -3.65. The molecule has 8 heteroatoms. The number of nitrogens with zero attached hydrogens (tertiary/aromatic N) is 4. The van der Waals surface area contributed by atoms with Gasteiger partial charge in [0.25, 0.3) is 0 Å². The van der Waals surface area contributed by atoms with Gasteiger partial charge in [-0.15, -0.1) is 16.8 Å². The second-order valence-corrected chi connectivity index (χ2v) is 12.5. The first-order chi connectivity index (χ1) is 18.4. The smallest absolute Gasteiger partial charge is 0.192 e. The normalized spacial score (nSPS) is 12.1. The highest BCUT2D eigenvalue weighted by molar-refractivity contribution is 7.99. The van der Waals surface area contributed by atoms with Crippen molar-refractivity contribution < 1.29 is 14.6 Å². The SMILES string of the molecule is C=CCn1c(COc2cccc3cccnc23)nnc1SCC(=O)c1cc(C(C)(C)C)c(O)c(C(C)(C)C)c1. The van der Waals surface area contributed by atoms with Crippen LogP contribution in [0.2, 0.25) is 0 Å². The van der Waals surface area contributed by atoms with Gasteiger partial charge in [-0.3, -0.25) is 14.3 Å². The van der Waals surface area contributed by atoms with Gasteiger partial charge in [-0.2, -0.15) is 0 Å². The Bertz CT molecular complexity index is 1470. The van der Waals surface area contributed by atoms with Crippen LogP contribution in [-0.2, 0) is 24.0 Å². The van der Waals surface area contributed by atoms with E-state index in [9.17, 15) is 9.90 Å². The van der Waals surface area contributed by atoms with E-state index in [1.807, 2.05) is 88.6 Å². The number of hydrogen-bond acceptors (Lipinski definition) is 7. The third-order valence-corrected chi connectivity index (χ3v) is 7.40. The van der Waals surface area contributed by atoms with Crippen LogP contribution in [0.5, 0.6) is 11.5 Å². The van der Waals surface area contributed by atoms with Gasteiger partial charge in [0.2, 0.25) is 0 Å². The fraction of sp³-hybridized carbons (Fsp3) is 0.355. The first-order valence-electron chi connectivity index (χ1n) is 12.9. The predicted octanol–water partition coefficient (Wildman–Crippen LogP) is 6.87. The average molecular weight is 545 g/mol. The Balaban J connectivity index is 1.54. The molecule has 7 nitrogen and oxygen atoms in total. The van der Waals surface area contributed by atoms with Crippen molar-refractivity contribution in [2.75, 3.05) is 5.75 Å². The Morgan fingerprint density at radius 2 is 1.72 bits per heavy atom. The molecule has 0 aliphatic heterocycles. The van der Waals surface area contributed by atoms with E-state index in [2.05, 4.69) is 21.8 Å². The van der Waals surface area contributed by atoms with Crippen molar-refractivity contribution in [3.05, 3.63) is 83.8 Å². The van der Waals surface area contributed by atoms with Crippen molar-refractivity contribution in [1.29, 1.82) is 0 Å². The molecule has 0 saturated heterocycles. The summed E-state index contributed by atoms with van der Waals surface area (Å²) in [5.74, 6) is 1.70. The summed E-state index contributed by atoms with van der Waals surface area (Å²) in [6.07, 6.45) is 3.51. The van der Waals surface area contributed by atoms with Crippen LogP contribution in [0, 0.1) is 0 Å². The number of aromatic hydroxyl groups is 1. The number of ether oxygens (including phenoxy) is 1. The molecule has 1 N–H and O–H groups in total. The predicted molar refractivity (Wildman–Crippen MR) is 157 cm³/mol.